The van der Waals surface area contributed by atoms with Gasteiger partial charge in [-0.15, -0.1) is 0 Å². The highest BCUT2D eigenvalue weighted by Crippen LogP contribution is 2.43. The first-order valence-electron chi connectivity index (χ1n) is 13.2. The van der Waals surface area contributed by atoms with Crippen molar-refractivity contribution in [3.63, 3.8) is 0 Å². The Morgan fingerprint density at radius 3 is 1.39 bits per heavy atom. The lowest BCUT2D eigenvalue weighted by Crippen LogP contribution is -2.22. The van der Waals surface area contributed by atoms with E-state index in [0.717, 1.165) is 49.9 Å². The maximum Gasteiger partial charge on any atom is 0.175 e. The third kappa shape index (κ3) is 5.71. The molecule has 3 aromatic rings. The fourth-order valence-corrected chi connectivity index (χ4v) is 4.52. The average Bonchev–Trinajstić information content (AvgIpc) is 2.94. The molecule has 0 aromatic heterocycles. The summed E-state index contributed by atoms with van der Waals surface area (Å²) in [5.41, 5.74) is 3.88. The first-order valence-corrected chi connectivity index (χ1v) is 13.9. The molecule has 0 unspecified atom stereocenters. The number of rotatable bonds is 6. The second kappa shape index (κ2) is 13.1. The van der Waals surface area contributed by atoms with Crippen LogP contribution < -0.4 is 20.2 Å². The van der Waals surface area contributed by atoms with E-state index in [1.165, 1.54) is 11.1 Å². The first-order chi connectivity index (χ1) is 17.6. The highest BCUT2D eigenvalue weighted by molar-refractivity contribution is 6.35. The molecule has 5 rings (SSSR count). The Kier molecular flexibility index (Phi) is 10.2. The molecule has 6 heteroatoms. The molecule has 0 N–H and O–H groups in total. The summed E-state index contributed by atoms with van der Waals surface area (Å²) in [5.74, 6) is 2.21. The smallest absolute Gasteiger partial charge is 0.175 e. The Hall–Kier alpha value is -2.56. The summed E-state index contributed by atoms with van der Waals surface area (Å²) in [6, 6.07) is 12.2. The molecule has 4 nitrogen and oxygen atoms in total. The highest BCUT2D eigenvalue weighted by Gasteiger charge is 2.27. The van der Waals surface area contributed by atoms with Gasteiger partial charge < -0.3 is 9.47 Å². The van der Waals surface area contributed by atoms with Gasteiger partial charge in [0.05, 0.1) is 0 Å². The van der Waals surface area contributed by atoms with E-state index in [1.807, 2.05) is 52.0 Å². The molecule has 0 saturated heterocycles. The van der Waals surface area contributed by atoms with Gasteiger partial charge in [-0.3, -0.25) is 0 Å². The molecule has 0 saturated carbocycles. The zero-order valence-corrected chi connectivity index (χ0v) is 23.7. The number of ether oxygens (including phenoxy) is 2. The monoisotopic (exact) mass is 526 g/mol. The van der Waals surface area contributed by atoms with Gasteiger partial charge in [-0.05, 0) is 61.1 Å². The molecule has 2 heterocycles. The fraction of sp³-hybridized carbons (Fsp3) is 0.400. The van der Waals surface area contributed by atoms with E-state index in [0.29, 0.717) is 43.8 Å². The summed E-state index contributed by atoms with van der Waals surface area (Å²) >= 11 is 13.5. The number of fused-ring (bicyclic) bond motifs is 4. The van der Waals surface area contributed by atoms with Gasteiger partial charge in [-0.2, -0.15) is 0 Å². The van der Waals surface area contributed by atoms with E-state index in [-0.39, 0.29) is 0 Å². The number of hydrogen-bond acceptors (Lipinski definition) is 4. The van der Waals surface area contributed by atoms with Crippen molar-refractivity contribution in [2.45, 2.75) is 80.1 Å². The van der Waals surface area contributed by atoms with Crippen molar-refractivity contribution in [2.75, 3.05) is 0 Å². The van der Waals surface area contributed by atoms with Crippen LogP contribution in [-0.4, -0.2) is 0 Å². The van der Waals surface area contributed by atoms with Crippen LogP contribution in [0.2, 0.25) is 10.0 Å². The Bertz CT molecular complexity index is 1230. The van der Waals surface area contributed by atoms with Gasteiger partial charge in [0.2, 0.25) is 0 Å². The lowest BCUT2D eigenvalue weighted by atomic mass is 10.1. The van der Waals surface area contributed by atoms with Crippen LogP contribution in [0.1, 0.15) is 78.4 Å². The summed E-state index contributed by atoms with van der Waals surface area (Å²) in [4.78, 5) is 9.50. The van der Waals surface area contributed by atoms with Crippen LogP contribution in [0, 0.1) is 0 Å². The standard InChI is InChI=1S/C26H24Cl2N2O2.2C2H6/c1-3-5-7-15-9-11-17-19(13-15)31-25-21(27)24-26(22(28)23(25)29-17)32-20-14-16(8-6-4-2)10-12-18(20)30-24;2*1-2/h9-14H,3-8H2,1-2H3;2*1-2H3. The predicted molar refractivity (Wildman–Crippen MR) is 151 cm³/mol. The van der Waals surface area contributed by atoms with Crippen LogP contribution in [0.15, 0.2) is 46.4 Å². The summed E-state index contributed by atoms with van der Waals surface area (Å²) in [6.45, 7) is 12.4. The minimum atomic E-state index is 0.355. The van der Waals surface area contributed by atoms with Crippen LogP contribution in [0.5, 0.6) is 23.0 Å². The Morgan fingerprint density at radius 1 is 0.639 bits per heavy atom. The molecular weight excluding hydrogens is 491 g/mol. The van der Waals surface area contributed by atoms with Gasteiger partial charge in [0.25, 0.3) is 0 Å². The van der Waals surface area contributed by atoms with Gasteiger partial charge in [-0.25, -0.2) is 9.98 Å². The second-order valence-corrected chi connectivity index (χ2v) is 8.98. The third-order valence-corrected chi connectivity index (χ3v) is 6.52. The zero-order chi connectivity index (χ0) is 26.2. The molecule has 0 aliphatic carbocycles. The lowest BCUT2D eigenvalue weighted by Gasteiger charge is -2.21. The molecule has 36 heavy (non-hydrogen) atoms. The van der Waals surface area contributed by atoms with Crippen molar-refractivity contribution in [1.82, 2.24) is 0 Å². The van der Waals surface area contributed by atoms with E-state index in [1.54, 1.807) is 0 Å². The third-order valence-electron chi connectivity index (χ3n) is 5.82. The van der Waals surface area contributed by atoms with Crippen LogP contribution >= 0.6 is 23.2 Å². The van der Waals surface area contributed by atoms with Gasteiger partial charge >= 0.3 is 0 Å². The van der Waals surface area contributed by atoms with E-state index in [9.17, 15) is 0 Å². The van der Waals surface area contributed by atoms with E-state index < -0.39 is 0 Å². The van der Waals surface area contributed by atoms with Crippen molar-refractivity contribution in [3.05, 3.63) is 68.3 Å². The van der Waals surface area contributed by atoms with Crippen molar-refractivity contribution in [1.29, 1.82) is 0 Å². The molecule has 0 spiro atoms. The quantitative estimate of drug-likeness (QED) is 0.221. The van der Waals surface area contributed by atoms with Crippen LogP contribution in [0.3, 0.4) is 0 Å². The molecule has 0 fully saturated rings. The van der Waals surface area contributed by atoms with Gasteiger partial charge in [0, 0.05) is 0 Å². The molecule has 0 radical (unpaired) electrons. The Morgan fingerprint density at radius 2 is 1.03 bits per heavy atom. The van der Waals surface area contributed by atoms with Crippen molar-refractivity contribution >= 4 is 34.6 Å². The largest absolute Gasteiger partial charge is 0.451 e. The summed E-state index contributed by atoms with van der Waals surface area (Å²) in [5, 5.41) is 1.66. The normalized spacial score (nSPS) is 11.8. The molecule has 0 bridgehead atoms. The van der Waals surface area contributed by atoms with E-state index in [2.05, 4.69) is 26.0 Å². The SMILES string of the molecule is CC.CC.CCCCc1ccc2c(c1)Oc1c(Cl)c3c(c(Cl)c1=N2)Oc1cc(CCCC)ccc1N=3. The molecule has 3 aromatic carbocycles. The topological polar surface area (TPSA) is 43.2 Å². The number of unbranched alkanes of at least 4 members (excludes halogenated alkanes) is 2. The minimum absolute atomic E-state index is 0.355. The summed E-state index contributed by atoms with van der Waals surface area (Å²) < 4.78 is 12.4. The lowest BCUT2D eigenvalue weighted by molar-refractivity contribution is 0.450. The predicted octanol–water partition coefficient (Wildman–Crippen LogP) is 9.84. The maximum atomic E-state index is 6.76. The minimum Gasteiger partial charge on any atom is -0.451 e. The fourth-order valence-electron chi connectivity index (χ4n) is 4.01. The Labute approximate surface area is 225 Å². The number of hydrogen-bond donors (Lipinski definition) is 0. The molecule has 0 atom stereocenters. The summed E-state index contributed by atoms with van der Waals surface area (Å²) in [7, 11) is 0. The molecule has 2 aliphatic rings. The number of benzene rings is 3. The van der Waals surface area contributed by atoms with Crippen molar-refractivity contribution in [2.24, 2.45) is 9.98 Å². The van der Waals surface area contributed by atoms with Gasteiger partial charge in [-0.1, -0.05) is 89.7 Å². The van der Waals surface area contributed by atoms with E-state index in [4.69, 9.17) is 42.7 Å². The van der Waals surface area contributed by atoms with Crippen LogP contribution in [-0.2, 0) is 12.8 Å². The average molecular weight is 528 g/mol. The van der Waals surface area contributed by atoms with Crippen molar-refractivity contribution in [3.8, 4) is 23.0 Å². The second-order valence-electron chi connectivity index (χ2n) is 8.22. The number of halogens is 2. The van der Waals surface area contributed by atoms with Gasteiger partial charge in [0.1, 0.15) is 32.1 Å². The van der Waals surface area contributed by atoms with Crippen LogP contribution in [0.25, 0.3) is 0 Å². The molecule has 2 aliphatic heterocycles. The van der Waals surface area contributed by atoms with Gasteiger partial charge in [0.15, 0.2) is 23.0 Å². The zero-order valence-electron chi connectivity index (χ0n) is 22.2. The van der Waals surface area contributed by atoms with Crippen LogP contribution in [0.4, 0.5) is 11.4 Å². The van der Waals surface area contributed by atoms with Crippen molar-refractivity contribution < 1.29 is 9.47 Å². The molecule has 192 valence electrons. The number of aryl methyl sites for hydroxylation is 2. The first kappa shape index (κ1) is 28.0. The molecule has 0 amide bonds. The maximum absolute atomic E-state index is 6.76. The van der Waals surface area contributed by atoms with E-state index >= 15 is 0 Å². The Balaban J connectivity index is 0.000000861. The number of nitrogens with zero attached hydrogens (tertiary/aromatic N) is 2. The summed E-state index contributed by atoms with van der Waals surface area (Å²) in [6.07, 6.45) is 6.53. The molecular formula is C30H36Cl2N2O2. The highest BCUT2D eigenvalue weighted by atomic mass is 35.5.